The van der Waals surface area contributed by atoms with Gasteiger partial charge in [0.2, 0.25) is 0 Å². The van der Waals surface area contributed by atoms with Crippen molar-refractivity contribution in [3.8, 4) is 11.5 Å². The average molecular weight is 517 g/mol. The Morgan fingerprint density at radius 2 is 1.22 bits per heavy atom. The topological polar surface area (TPSA) is 34.1 Å². The molecule has 0 fully saturated rings. The number of halogens is 1. The van der Waals surface area contributed by atoms with Crippen LogP contribution in [-0.2, 0) is 18.8 Å². The number of amidine groups is 1. The van der Waals surface area contributed by atoms with Crippen LogP contribution in [0.5, 0.6) is 11.5 Å². The molecule has 0 spiro atoms. The normalized spacial score (nSPS) is 11.2. The fraction of sp³-hybridized carbons (Fsp3) is 0.167. The van der Waals surface area contributed by atoms with Crippen molar-refractivity contribution in [3.63, 3.8) is 0 Å². The predicted octanol–water partition coefficient (Wildman–Crippen LogP) is 7.98. The molecule has 0 aromatic heterocycles. The van der Waals surface area contributed by atoms with Crippen LogP contribution in [0.15, 0.2) is 108 Å². The van der Waals surface area contributed by atoms with E-state index in [9.17, 15) is 0 Å². The molecule has 0 amide bonds. The second kappa shape index (κ2) is 13.1. The molecule has 0 saturated heterocycles. The summed E-state index contributed by atoms with van der Waals surface area (Å²) in [4.78, 5) is 7.35. The molecular formula is C30H29ClN2O2S. The summed E-state index contributed by atoms with van der Waals surface area (Å²) in [7, 11) is 3.36. The van der Waals surface area contributed by atoms with Gasteiger partial charge in [0.05, 0.1) is 24.9 Å². The lowest BCUT2D eigenvalue weighted by Gasteiger charge is -2.26. The van der Waals surface area contributed by atoms with Crippen LogP contribution < -0.4 is 9.47 Å². The minimum Gasteiger partial charge on any atom is -0.497 e. The van der Waals surface area contributed by atoms with Gasteiger partial charge in [-0.05, 0) is 53.1 Å². The van der Waals surface area contributed by atoms with Gasteiger partial charge in [-0.2, -0.15) is 0 Å². The first kappa shape index (κ1) is 25.7. The Hall–Kier alpha value is -3.41. The number of rotatable bonds is 9. The molecule has 0 atom stereocenters. The number of hydrogen-bond donors (Lipinski definition) is 0. The Bertz CT molecular complexity index is 1210. The van der Waals surface area contributed by atoms with E-state index in [1.54, 1.807) is 26.0 Å². The van der Waals surface area contributed by atoms with Gasteiger partial charge in [-0.3, -0.25) is 0 Å². The van der Waals surface area contributed by atoms with Crippen LogP contribution in [0, 0.1) is 0 Å². The maximum atomic E-state index is 6.51. The molecule has 6 heteroatoms. The van der Waals surface area contributed by atoms with Gasteiger partial charge >= 0.3 is 0 Å². The third kappa shape index (κ3) is 7.30. The van der Waals surface area contributed by atoms with Crippen molar-refractivity contribution < 1.29 is 9.47 Å². The Kier molecular flexibility index (Phi) is 9.31. The smallest absolute Gasteiger partial charge is 0.165 e. The van der Waals surface area contributed by atoms with Gasteiger partial charge in [0.25, 0.3) is 0 Å². The van der Waals surface area contributed by atoms with Crippen LogP contribution in [0.25, 0.3) is 0 Å². The first-order chi connectivity index (χ1) is 17.6. The first-order valence-corrected chi connectivity index (χ1v) is 13.0. The summed E-state index contributed by atoms with van der Waals surface area (Å²) >= 11 is 8.22. The van der Waals surface area contributed by atoms with Crippen molar-refractivity contribution in [1.82, 2.24) is 4.90 Å². The van der Waals surface area contributed by atoms with Crippen molar-refractivity contribution in [2.24, 2.45) is 4.99 Å². The zero-order valence-corrected chi connectivity index (χ0v) is 22.0. The fourth-order valence-electron chi connectivity index (χ4n) is 3.66. The molecule has 0 radical (unpaired) electrons. The number of methoxy groups -OCH3 is 2. The second-order valence-electron chi connectivity index (χ2n) is 8.17. The zero-order chi connectivity index (χ0) is 25.2. The Morgan fingerprint density at radius 1 is 0.694 bits per heavy atom. The third-order valence-electron chi connectivity index (χ3n) is 5.61. The van der Waals surface area contributed by atoms with Gasteiger partial charge < -0.3 is 14.4 Å². The lowest BCUT2D eigenvalue weighted by Crippen LogP contribution is -2.28. The van der Waals surface area contributed by atoms with Crippen LogP contribution in [-0.4, -0.2) is 24.3 Å². The van der Waals surface area contributed by atoms with Gasteiger partial charge in [-0.1, -0.05) is 90.1 Å². The summed E-state index contributed by atoms with van der Waals surface area (Å²) in [5.41, 5.74) is 4.32. The van der Waals surface area contributed by atoms with Crippen molar-refractivity contribution in [1.29, 1.82) is 0 Å². The summed E-state index contributed by atoms with van der Waals surface area (Å²) in [6.07, 6.45) is 0. The molecule has 4 nitrogen and oxygen atoms in total. The van der Waals surface area contributed by atoms with Crippen molar-refractivity contribution in [3.05, 3.63) is 125 Å². The number of thioether (sulfide) groups is 1. The van der Waals surface area contributed by atoms with E-state index in [-0.39, 0.29) is 0 Å². The Labute approximate surface area is 222 Å². The van der Waals surface area contributed by atoms with Crippen molar-refractivity contribution in [2.45, 2.75) is 18.8 Å². The molecule has 4 aromatic carbocycles. The summed E-state index contributed by atoms with van der Waals surface area (Å²) < 4.78 is 10.7. The van der Waals surface area contributed by atoms with Gasteiger partial charge in [-0.15, -0.1) is 0 Å². The average Bonchev–Trinajstić information content (AvgIpc) is 2.93. The van der Waals surface area contributed by atoms with Crippen molar-refractivity contribution >= 4 is 34.2 Å². The van der Waals surface area contributed by atoms with E-state index in [0.29, 0.717) is 18.1 Å². The monoisotopic (exact) mass is 516 g/mol. The minimum absolute atomic E-state index is 0.629. The molecule has 0 N–H and O–H groups in total. The first-order valence-electron chi connectivity index (χ1n) is 11.7. The molecule has 4 aromatic rings. The highest BCUT2D eigenvalue weighted by molar-refractivity contribution is 8.13. The number of ether oxygens (including phenoxy) is 2. The molecule has 0 bridgehead atoms. The zero-order valence-electron chi connectivity index (χ0n) is 20.4. The molecule has 4 rings (SSSR count). The summed E-state index contributed by atoms with van der Waals surface area (Å²) in [5.74, 6) is 2.47. The molecule has 0 heterocycles. The highest BCUT2D eigenvalue weighted by atomic mass is 35.5. The summed E-state index contributed by atoms with van der Waals surface area (Å²) in [6.45, 7) is 1.36. The molecule has 36 heavy (non-hydrogen) atoms. The van der Waals surface area contributed by atoms with Crippen LogP contribution in [0.4, 0.5) is 5.69 Å². The number of hydrogen-bond acceptors (Lipinski definition) is 4. The number of aliphatic imine (C=N–C) groups is 1. The third-order valence-corrected chi connectivity index (χ3v) is 7.02. The molecule has 0 unspecified atom stereocenters. The minimum atomic E-state index is 0.629. The van der Waals surface area contributed by atoms with Gasteiger partial charge in [0.1, 0.15) is 11.5 Å². The summed E-state index contributed by atoms with van der Waals surface area (Å²) in [5, 5.41) is 1.53. The van der Waals surface area contributed by atoms with Crippen LogP contribution in [0.1, 0.15) is 16.7 Å². The van der Waals surface area contributed by atoms with E-state index >= 15 is 0 Å². The quantitative estimate of drug-likeness (QED) is 0.167. The highest BCUT2D eigenvalue weighted by Gasteiger charge is 2.16. The lowest BCUT2D eigenvalue weighted by atomic mass is 10.1. The second-order valence-corrected chi connectivity index (χ2v) is 9.52. The van der Waals surface area contributed by atoms with Crippen LogP contribution in [0.2, 0.25) is 5.02 Å². The largest absolute Gasteiger partial charge is 0.497 e. The molecule has 0 aliphatic heterocycles. The van der Waals surface area contributed by atoms with E-state index in [2.05, 4.69) is 53.4 Å². The van der Waals surface area contributed by atoms with E-state index in [1.807, 2.05) is 54.6 Å². The van der Waals surface area contributed by atoms with Crippen molar-refractivity contribution in [2.75, 3.05) is 14.2 Å². The summed E-state index contributed by atoms with van der Waals surface area (Å²) in [6, 6.07) is 34.5. The van der Waals surface area contributed by atoms with Crippen LogP contribution >= 0.6 is 23.4 Å². The number of benzene rings is 4. The van der Waals surface area contributed by atoms with E-state index in [1.165, 1.54) is 5.56 Å². The molecule has 0 aliphatic rings. The maximum absolute atomic E-state index is 6.51. The van der Waals surface area contributed by atoms with E-state index in [4.69, 9.17) is 26.1 Å². The molecular weight excluding hydrogens is 488 g/mol. The van der Waals surface area contributed by atoms with Gasteiger partial charge in [-0.25, -0.2) is 4.99 Å². The molecule has 0 aliphatic carbocycles. The Morgan fingerprint density at radius 3 is 1.75 bits per heavy atom. The molecule has 184 valence electrons. The SMILES string of the molecule is COc1ccc(CN(Cc2ccc(OC)cc2)C(=Nc2ccccc2Cl)SCc2ccccc2)cc1. The standard InChI is InChI=1S/C30H29ClN2O2S/c1-34-26-16-12-23(13-17-26)20-33(21-24-14-18-27(35-2)19-15-24)30(32-29-11-7-6-10-28(29)31)36-22-25-8-4-3-5-9-25/h3-19H,20-22H2,1-2H3. The number of nitrogens with zero attached hydrogens (tertiary/aromatic N) is 2. The van der Waals surface area contributed by atoms with Gasteiger partial charge in [0, 0.05) is 18.8 Å². The number of para-hydroxylation sites is 1. The maximum Gasteiger partial charge on any atom is 0.165 e. The van der Waals surface area contributed by atoms with E-state index in [0.717, 1.165) is 39.2 Å². The Balaban J connectivity index is 1.69. The lowest BCUT2D eigenvalue weighted by molar-refractivity contribution is 0.405. The molecule has 0 saturated carbocycles. The fourth-order valence-corrected chi connectivity index (χ4v) is 4.80. The van der Waals surface area contributed by atoms with Gasteiger partial charge in [0.15, 0.2) is 5.17 Å². The van der Waals surface area contributed by atoms with Crippen LogP contribution in [0.3, 0.4) is 0 Å². The highest BCUT2D eigenvalue weighted by Crippen LogP contribution is 2.29. The van der Waals surface area contributed by atoms with E-state index < -0.39 is 0 Å². The predicted molar refractivity (Wildman–Crippen MR) is 152 cm³/mol.